The molecule has 0 N–H and O–H groups in total. The molecule has 3 heteroatoms. The third-order valence-electron chi connectivity index (χ3n) is 1.79. The second-order valence-corrected chi connectivity index (χ2v) is 3.35. The summed E-state index contributed by atoms with van der Waals surface area (Å²) in [6, 6.07) is 0. The number of alkyl halides is 1. The summed E-state index contributed by atoms with van der Waals surface area (Å²) in [4.78, 5) is 12.9. The summed E-state index contributed by atoms with van der Waals surface area (Å²) in [5.74, 6) is 3.12. The molecule has 0 aromatic carbocycles. The fourth-order valence-corrected chi connectivity index (χ4v) is 1.65. The van der Waals surface area contributed by atoms with Crippen molar-refractivity contribution in [1.29, 1.82) is 0 Å². The van der Waals surface area contributed by atoms with E-state index in [0.29, 0.717) is 18.9 Å². The van der Waals surface area contributed by atoms with Crippen LogP contribution in [0.3, 0.4) is 0 Å². The van der Waals surface area contributed by atoms with Crippen molar-refractivity contribution in [2.45, 2.75) is 6.42 Å². The Kier molecular flexibility index (Phi) is 2.95. The summed E-state index contributed by atoms with van der Waals surface area (Å²) in [6.45, 7) is 1.27. The van der Waals surface area contributed by atoms with Gasteiger partial charge in [-0.1, -0.05) is 21.9 Å². The summed E-state index contributed by atoms with van der Waals surface area (Å²) in [5, 5.41) is 0.889. The van der Waals surface area contributed by atoms with Crippen LogP contribution in [0.1, 0.15) is 6.42 Å². The molecule has 0 aromatic heterocycles. The third-order valence-corrected chi connectivity index (χ3v) is 2.71. The van der Waals surface area contributed by atoms with E-state index in [1.54, 1.807) is 4.90 Å². The number of hydrogen-bond donors (Lipinski definition) is 0. The molecule has 0 saturated carbocycles. The molecule has 1 saturated heterocycles. The third kappa shape index (κ3) is 1.97. The van der Waals surface area contributed by atoms with Gasteiger partial charge in [-0.15, -0.1) is 6.42 Å². The Labute approximate surface area is 75.1 Å². The largest absolute Gasteiger partial charge is 0.331 e. The van der Waals surface area contributed by atoms with Crippen molar-refractivity contribution >= 4 is 21.8 Å². The lowest BCUT2D eigenvalue weighted by Gasteiger charge is -2.11. The van der Waals surface area contributed by atoms with Crippen molar-refractivity contribution in [3.63, 3.8) is 0 Å². The zero-order valence-corrected chi connectivity index (χ0v) is 7.80. The normalized spacial score (nSPS) is 23.8. The lowest BCUT2D eigenvalue weighted by molar-refractivity contribution is -0.127. The first-order valence-electron chi connectivity index (χ1n) is 3.55. The highest BCUT2D eigenvalue weighted by molar-refractivity contribution is 9.09. The molecule has 1 heterocycles. The minimum absolute atomic E-state index is 0.187. The van der Waals surface area contributed by atoms with E-state index in [0.717, 1.165) is 11.9 Å². The van der Waals surface area contributed by atoms with Gasteiger partial charge in [-0.2, -0.15) is 0 Å². The van der Waals surface area contributed by atoms with Crippen LogP contribution in [0.4, 0.5) is 0 Å². The van der Waals surface area contributed by atoms with Crippen molar-refractivity contribution in [2.24, 2.45) is 5.92 Å². The van der Waals surface area contributed by atoms with Crippen LogP contribution in [0.15, 0.2) is 0 Å². The van der Waals surface area contributed by atoms with Crippen molar-refractivity contribution in [3.05, 3.63) is 0 Å². The van der Waals surface area contributed by atoms with Gasteiger partial charge in [0.1, 0.15) is 0 Å². The Morgan fingerprint density at radius 1 is 1.82 bits per heavy atom. The van der Waals surface area contributed by atoms with E-state index in [1.807, 2.05) is 0 Å². The SMILES string of the molecule is C#CCN1CC(CBr)CC1=O. The molecule has 1 rings (SSSR count). The zero-order valence-electron chi connectivity index (χ0n) is 6.22. The fraction of sp³-hybridized carbons (Fsp3) is 0.625. The number of rotatable bonds is 2. The van der Waals surface area contributed by atoms with Crippen LogP contribution in [0.2, 0.25) is 0 Å². The number of nitrogens with zero attached hydrogens (tertiary/aromatic N) is 1. The Hall–Kier alpha value is -0.490. The first-order valence-corrected chi connectivity index (χ1v) is 4.67. The highest BCUT2D eigenvalue weighted by atomic mass is 79.9. The number of likely N-dealkylation sites (tertiary alicyclic amines) is 1. The zero-order chi connectivity index (χ0) is 8.27. The van der Waals surface area contributed by atoms with E-state index >= 15 is 0 Å². The predicted molar refractivity (Wildman–Crippen MR) is 47.3 cm³/mol. The van der Waals surface area contributed by atoms with Crippen LogP contribution in [0.5, 0.6) is 0 Å². The van der Waals surface area contributed by atoms with E-state index in [2.05, 4.69) is 21.9 Å². The average molecular weight is 216 g/mol. The molecule has 0 spiro atoms. The number of hydrogen-bond acceptors (Lipinski definition) is 1. The monoisotopic (exact) mass is 215 g/mol. The summed E-state index contributed by atoms with van der Waals surface area (Å²) in [6.07, 6.45) is 5.75. The molecule has 0 aromatic rings. The van der Waals surface area contributed by atoms with Gasteiger partial charge in [0.15, 0.2) is 0 Å². The van der Waals surface area contributed by atoms with Crippen molar-refractivity contribution in [1.82, 2.24) is 4.90 Å². The molecule has 1 aliphatic heterocycles. The Bertz CT molecular complexity index is 197. The Morgan fingerprint density at radius 2 is 2.55 bits per heavy atom. The number of carbonyl (C=O) groups is 1. The highest BCUT2D eigenvalue weighted by Crippen LogP contribution is 2.18. The molecule has 1 aliphatic rings. The Balaban J connectivity index is 2.46. The van der Waals surface area contributed by atoms with Gasteiger partial charge in [0.25, 0.3) is 0 Å². The van der Waals surface area contributed by atoms with E-state index in [9.17, 15) is 4.79 Å². The molecule has 0 aliphatic carbocycles. The lowest BCUT2D eigenvalue weighted by Crippen LogP contribution is -2.25. The number of amides is 1. The molecule has 60 valence electrons. The quantitative estimate of drug-likeness (QED) is 0.495. The summed E-state index contributed by atoms with van der Waals surface area (Å²) in [5.41, 5.74) is 0. The molecule has 0 radical (unpaired) electrons. The lowest BCUT2D eigenvalue weighted by atomic mass is 10.2. The molecule has 0 bridgehead atoms. The van der Waals surface area contributed by atoms with Crippen molar-refractivity contribution in [2.75, 3.05) is 18.4 Å². The van der Waals surface area contributed by atoms with Gasteiger partial charge in [-0.05, 0) is 5.92 Å². The molecule has 1 atom stereocenters. The van der Waals surface area contributed by atoms with Gasteiger partial charge < -0.3 is 4.90 Å². The topological polar surface area (TPSA) is 20.3 Å². The molecule has 11 heavy (non-hydrogen) atoms. The maximum absolute atomic E-state index is 11.1. The highest BCUT2D eigenvalue weighted by Gasteiger charge is 2.27. The van der Waals surface area contributed by atoms with Crippen molar-refractivity contribution < 1.29 is 4.79 Å². The van der Waals surface area contributed by atoms with Crippen LogP contribution in [0, 0.1) is 18.3 Å². The van der Waals surface area contributed by atoms with Gasteiger partial charge >= 0.3 is 0 Å². The molecule has 1 unspecified atom stereocenters. The molecular formula is C8H10BrNO. The minimum Gasteiger partial charge on any atom is -0.331 e. The minimum atomic E-state index is 0.187. The first-order chi connectivity index (χ1) is 5.27. The number of halogens is 1. The molecule has 1 fully saturated rings. The maximum atomic E-state index is 11.1. The van der Waals surface area contributed by atoms with Crippen molar-refractivity contribution in [3.8, 4) is 12.3 Å². The first kappa shape index (κ1) is 8.61. The van der Waals surface area contributed by atoms with Crippen LogP contribution >= 0.6 is 15.9 Å². The van der Waals surface area contributed by atoms with E-state index in [4.69, 9.17) is 6.42 Å². The standard InChI is InChI=1S/C8H10BrNO/c1-2-3-10-6-7(5-9)4-8(10)11/h1,7H,3-6H2. The summed E-state index contributed by atoms with van der Waals surface area (Å²) in [7, 11) is 0. The maximum Gasteiger partial charge on any atom is 0.223 e. The predicted octanol–water partition coefficient (Wildman–Crippen LogP) is 0.863. The van der Waals surface area contributed by atoms with E-state index in [1.165, 1.54) is 0 Å². The summed E-state index contributed by atoms with van der Waals surface area (Å²) >= 11 is 3.35. The van der Waals surface area contributed by atoms with Crippen LogP contribution in [0.25, 0.3) is 0 Å². The van der Waals surface area contributed by atoms with Crippen LogP contribution in [-0.2, 0) is 4.79 Å². The Morgan fingerprint density at radius 3 is 3.00 bits per heavy atom. The van der Waals surface area contributed by atoms with E-state index < -0.39 is 0 Å². The number of carbonyl (C=O) groups excluding carboxylic acids is 1. The molecule has 2 nitrogen and oxygen atoms in total. The average Bonchev–Trinajstić information content (AvgIpc) is 2.33. The van der Waals surface area contributed by atoms with Crippen LogP contribution < -0.4 is 0 Å². The van der Waals surface area contributed by atoms with Gasteiger partial charge in [-0.3, -0.25) is 4.79 Å². The van der Waals surface area contributed by atoms with Gasteiger partial charge in [0, 0.05) is 18.3 Å². The molecular weight excluding hydrogens is 206 g/mol. The van der Waals surface area contributed by atoms with Gasteiger partial charge in [0.2, 0.25) is 5.91 Å². The van der Waals surface area contributed by atoms with Gasteiger partial charge in [-0.25, -0.2) is 0 Å². The summed E-state index contributed by atoms with van der Waals surface area (Å²) < 4.78 is 0. The second-order valence-electron chi connectivity index (χ2n) is 2.70. The number of terminal acetylenes is 1. The van der Waals surface area contributed by atoms with Crippen LogP contribution in [-0.4, -0.2) is 29.2 Å². The van der Waals surface area contributed by atoms with E-state index in [-0.39, 0.29) is 5.91 Å². The van der Waals surface area contributed by atoms with Gasteiger partial charge in [0.05, 0.1) is 6.54 Å². The smallest absolute Gasteiger partial charge is 0.223 e. The second kappa shape index (κ2) is 3.77. The fourth-order valence-electron chi connectivity index (χ4n) is 1.22. The molecule has 1 amide bonds.